The van der Waals surface area contributed by atoms with Gasteiger partial charge in [0.25, 0.3) is 5.91 Å². The molecule has 2 rings (SSSR count). The molecule has 0 unspecified atom stereocenters. The second-order valence-corrected chi connectivity index (χ2v) is 8.18. The lowest BCUT2D eigenvalue weighted by atomic mass is 10.0. The lowest BCUT2D eigenvalue weighted by Gasteiger charge is -2.20. The van der Waals surface area contributed by atoms with E-state index in [2.05, 4.69) is 45.6 Å². The summed E-state index contributed by atoms with van der Waals surface area (Å²) >= 11 is 5.04. The Hall–Kier alpha value is -1.79. The maximum atomic E-state index is 12.7. The molecule has 0 aliphatic rings. The van der Waals surface area contributed by atoms with Crippen molar-refractivity contribution in [3.63, 3.8) is 0 Å². The zero-order valence-electron chi connectivity index (χ0n) is 15.6. The molecule has 2 amide bonds. The molecular formula is C21H25BrN2O2S. The van der Waals surface area contributed by atoms with E-state index in [1.165, 1.54) is 5.56 Å². The van der Waals surface area contributed by atoms with Gasteiger partial charge in [-0.25, -0.2) is 0 Å². The summed E-state index contributed by atoms with van der Waals surface area (Å²) in [6.45, 7) is 2.61. The molecule has 0 saturated carbocycles. The zero-order valence-corrected chi connectivity index (χ0v) is 18.0. The first-order chi connectivity index (χ1) is 13.0. The van der Waals surface area contributed by atoms with Crippen LogP contribution in [0, 0.1) is 0 Å². The Morgan fingerprint density at radius 2 is 1.74 bits per heavy atom. The Morgan fingerprint density at radius 3 is 2.41 bits per heavy atom. The van der Waals surface area contributed by atoms with Crippen LogP contribution in [0.15, 0.2) is 59.1 Å². The Balaban J connectivity index is 1.98. The van der Waals surface area contributed by atoms with Gasteiger partial charge in [0, 0.05) is 11.0 Å². The fourth-order valence-corrected chi connectivity index (χ4v) is 3.60. The summed E-state index contributed by atoms with van der Waals surface area (Å²) in [5.74, 6) is 0.602. The van der Waals surface area contributed by atoms with Gasteiger partial charge in [-0.2, -0.15) is 11.8 Å². The Bertz CT molecular complexity index is 755. The van der Waals surface area contributed by atoms with Crippen LogP contribution in [0.25, 0.3) is 0 Å². The highest BCUT2D eigenvalue weighted by molar-refractivity contribution is 9.10. The van der Waals surface area contributed by atoms with E-state index in [-0.39, 0.29) is 17.7 Å². The number of carbonyl (C=O) groups is 2. The van der Waals surface area contributed by atoms with Gasteiger partial charge in [-0.05, 0) is 58.0 Å². The lowest BCUT2D eigenvalue weighted by Crippen LogP contribution is -2.47. The zero-order chi connectivity index (χ0) is 19.6. The van der Waals surface area contributed by atoms with Crippen molar-refractivity contribution in [2.75, 3.05) is 18.6 Å². The Kier molecular flexibility index (Phi) is 8.88. The number of halogens is 1. The van der Waals surface area contributed by atoms with Gasteiger partial charge >= 0.3 is 0 Å². The predicted octanol–water partition coefficient (Wildman–Crippen LogP) is 4.22. The first kappa shape index (κ1) is 21.5. The molecule has 0 heterocycles. The highest BCUT2D eigenvalue weighted by atomic mass is 79.9. The third-order valence-corrected chi connectivity index (χ3v) is 5.64. The van der Waals surface area contributed by atoms with Crippen molar-refractivity contribution in [1.82, 2.24) is 10.6 Å². The summed E-state index contributed by atoms with van der Waals surface area (Å²) in [4.78, 5) is 25.3. The minimum absolute atomic E-state index is 0.146. The van der Waals surface area contributed by atoms with E-state index in [4.69, 9.17) is 0 Å². The smallest absolute Gasteiger partial charge is 0.253 e. The average molecular weight is 449 g/mol. The van der Waals surface area contributed by atoms with Crippen molar-refractivity contribution in [1.29, 1.82) is 0 Å². The van der Waals surface area contributed by atoms with Crippen molar-refractivity contribution in [2.45, 2.75) is 25.3 Å². The van der Waals surface area contributed by atoms with Gasteiger partial charge in [-0.1, -0.05) is 49.4 Å². The van der Waals surface area contributed by atoms with Gasteiger partial charge in [-0.15, -0.1) is 0 Å². The fraction of sp³-hybridized carbons (Fsp3) is 0.333. The second kappa shape index (κ2) is 11.1. The van der Waals surface area contributed by atoms with E-state index in [1.54, 1.807) is 23.9 Å². The monoisotopic (exact) mass is 448 g/mol. The highest BCUT2D eigenvalue weighted by Crippen LogP contribution is 2.16. The maximum Gasteiger partial charge on any atom is 0.253 e. The van der Waals surface area contributed by atoms with E-state index < -0.39 is 6.04 Å². The fourth-order valence-electron chi connectivity index (χ4n) is 2.66. The van der Waals surface area contributed by atoms with Crippen LogP contribution in [-0.2, 0) is 4.79 Å². The predicted molar refractivity (Wildman–Crippen MR) is 116 cm³/mol. The molecule has 0 saturated heterocycles. The van der Waals surface area contributed by atoms with Crippen LogP contribution in [0.1, 0.15) is 35.2 Å². The minimum Gasteiger partial charge on any atom is -0.354 e. The summed E-state index contributed by atoms with van der Waals surface area (Å²) in [7, 11) is 0. The largest absolute Gasteiger partial charge is 0.354 e. The van der Waals surface area contributed by atoms with Crippen LogP contribution in [0.4, 0.5) is 0 Å². The number of rotatable bonds is 9. The van der Waals surface area contributed by atoms with Crippen LogP contribution >= 0.6 is 27.7 Å². The molecule has 0 radical (unpaired) electrons. The van der Waals surface area contributed by atoms with Crippen LogP contribution in [0.5, 0.6) is 0 Å². The number of carbonyl (C=O) groups excluding carboxylic acids is 2. The molecule has 0 fully saturated rings. The first-order valence-corrected chi connectivity index (χ1v) is 11.1. The molecule has 6 heteroatoms. The van der Waals surface area contributed by atoms with Crippen molar-refractivity contribution in [3.05, 3.63) is 70.2 Å². The molecule has 144 valence electrons. The SMILES string of the molecule is CSCC[C@H](NC(=O)c1ccccc1Br)C(=O)NC[C@H](C)c1ccccc1. The molecule has 0 aliphatic heterocycles. The summed E-state index contributed by atoms with van der Waals surface area (Å²) < 4.78 is 0.712. The highest BCUT2D eigenvalue weighted by Gasteiger charge is 2.22. The number of amides is 2. The van der Waals surface area contributed by atoms with E-state index in [0.717, 1.165) is 5.75 Å². The normalized spacial score (nSPS) is 12.9. The van der Waals surface area contributed by atoms with Crippen molar-refractivity contribution >= 4 is 39.5 Å². The molecule has 0 spiro atoms. The Labute approximate surface area is 173 Å². The third-order valence-electron chi connectivity index (χ3n) is 4.30. The van der Waals surface area contributed by atoms with Gasteiger partial charge in [0.15, 0.2) is 0 Å². The molecular weight excluding hydrogens is 424 g/mol. The van der Waals surface area contributed by atoms with Crippen LogP contribution in [0.2, 0.25) is 0 Å². The van der Waals surface area contributed by atoms with Crippen LogP contribution in [-0.4, -0.2) is 36.4 Å². The molecule has 2 atom stereocenters. The van der Waals surface area contributed by atoms with Crippen molar-refractivity contribution < 1.29 is 9.59 Å². The topological polar surface area (TPSA) is 58.2 Å². The summed E-state index contributed by atoms with van der Waals surface area (Å²) in [5, 5.41) is 5.86. The summed E-state index contributed by atoms with van der Waals surface area (Å²) in [6.07, 6.45) is 2.57. The average Bonchev–Trinajstić information content (AvgIpc) is 2.69. The molecule has 2 N–H and O–H groups in total. The van der Waals surface area contributed by atoms with E-state index >= 15 is 0 Å². The number of hydrogen-bond acceptors (Lipinski definition) is 3. The van der Waals surface area contributed by atoms with Gasteiger partial charge in [0.05, 0.1) is 5.56 Å². The van der Waals surface area contributed by atoms with Crippen molar-refractivity contribution in [2.24, 2.45) is 0 Å². The number of thioether (sulfide) groups is 1. The standard InChI is InChI=1S/C21H25BrN2O2S/c1-15(16-8-4-3-5-9-16)14-23-21(26)19(12-13-27-2)24-20(25)17-10-6-7-11-18(17)22/h3-11,15,19H,12-14H2,1-2H3,(H,23,26)(H,24,25)/t15-,19-/m0/s1. The lowest BCUT2D eigenvalue weighted by molar-refractivity contribution is -0.123. The van der Waals surface area contributed by atoms with Crippen LogP contribution < -0.4 is 10.6 Å². The molecule has 0 aromatic heterocycles. The molecule has 4 nitrogen and oxygen atoms in total. The first-order valence-electron chi connectivity index (χ1n) is 8.90. The van der Waals surface area contributed by atoms with Gasteiger partial charge in [0.2, 0.25) is 5.91 Å². The molecule has 27 heavy (non-hydrogen) atoms. The van der Waals surface area contributed by atoms with Crippen LogP contribution in [0.3, 0.4) is 0 Å². The number of nitrogens with one attached hydrogen (secondary N) is 2. The quantitative estimate of drug-likeness (QED) is 0.603. The van der Waals surface area contributed by atoms with Crippen molar-refractivity contribution in [3.8, 4) is 0 Å². The third kappa shape index (κ3) is 6.70. The summed E-state index contributed by atoms with van der Waals surface area (Å²) in [6, 6.07) is 16.7. The molecule has 2 aromatic carbocycles. The molecule has 0 bridgehead atoms. The van der Waals surface area contributed by atoms with E-state index in [9.17, 15) is 9.59 Å². The second-order valence-electron chi connectivity index (χ2n) is 6.34. The minimum atomic E-state index is -0.556. The van der Waals surface area contributed by atoms with E-state index in [0.29, 0.717) is 23.0 Å². The van der Waals surface area contributed by atoms with Gasteiger partial charge in [0.1, 0.15) is 6.04 Å². The van der Waals surface area contributed by atoms with E-state index in [1.807, 2.05) is 36.6 Å². The van der Waals surface area contributed by atoms with Gasteiger partial charge in [-0.3, -0.25) is 9.59 Å². The number of hydrogen-bond donors (Lipinski definition) is 2. The van der Waals surface area contributed by atoms with Gasteiger partial charge < -0.3 is 10.6 Å². The maximum absolute atomic E-state index is 12.7. The Morgan fingerprint density at radius 1 is 1.07 bits per heavy atom. The molecule has 2 aromatic rings. The summed E-state index contributed by atoms with van der Waals surface area (Å²) in [5.41, 5.74) is 1.70. The molecule has 0 aliphatic carbocycles. The number of benzene rings is 2.